The maximum atomic E-state index is 12.3. The Balaban J connectivity index is 1.27. The zero-order valence-electron chi connectivity index (χ0n) is 15.1. The van der Waals surface area contributed by atoms with Crippen molar-refractivity contribution >= 4 is 16.8 Å². The Kier molecular flexibility index (Phi) is 4.50. The van der Waals surface area contributed by atoms with Crippen LogP contribution in [0.5, 0.6) is 0 Å². The van der Waals surface area contributed by atoms with Crippen molar-refractivity contribution in [2.45, 2.75) is 45.6 Å². The minimum Gasteiger partial charge on any atom is -0.355 e. The third-order valence-corrected chi connectivity index (χ3v) is 5.83. The van der Waals surface area contributed by atoms with Gasteiger partial charge in [0.1, 0.15) is 0 Å². The van der Waals surface area contributed by atoms with Crippen molar-refractivity contribution < 1.29 is 4.79 Å². The number of nitrogens with one attached hydrogen (secondary N) is 1. The SMILES string of the molecule is Cc1cccc2c1cnn2CCC(=O)NCC1(CN2CCCC2)CC1. The highest BCUT2D eigenvalue weighted by Gasteiger charge is 2.44. The summed E-state index contributed by atoms with van der Waals surface area (Å²) >= 11 is 0. The van der Waals surface area contributed by atoms with Crippen LogP contribution in [0.25, 0.3) is 10.9 Å². The Morgan fingerprint density at radius 1 is 1.28 bits per heavy atom. The number of benzene rings is 1. The van der Waals surface area contributed by atoms with Gasteiger partial charge in [-0.3, -0.25) is 9.48 Å². The second-order valence-corrected chi connectivity index (χ2v) is 7.89. The highest BCUT2D eigenvalue weighted by atomic mass is 16.1. The largest absolute Gasteiger partial charge is 0.355 e. The molecule has 0 radical (unpaired) electrons. The normalized spacial score (nSPS) is 19.4. The molecule has 0 spiro atoms. The second-order valence-electron chi connectivity index (χ2n) is 7.89. The number of nitrogens with zero attached hydrogens (tertiary/aromatic N) is 3. The lowest BCUT2D eigenvalue weighted by Crippen LogP contribution is -2.37. The summed E-state index contributed by atoms with van der Waals surface area (Å²) in [5.74, 6) is 0.143. The second kappa shape index (κ2) is 6.79. The average Bonchev–Trinajstić information content (AvgIpc) is 2.99. The molecule has 134 valence electrons. The van der Waals surface area contributed by atoms with Gasteiger partial charge >= 0.3 is 0 Å². The van der Waals surface area contributed by atoms with Gasteiger partial charge in [-0.05, 0) is 57.3 Å². The molecule has 1 amide bonds. The first-order valence-corrected chi connectivity index (χ1v) is 9.55. The molecule has 1 aliphatic carbocycles. The number of carbonyl (C=O) groups is 1. The Morgan fingerprint density at radius 3 is 2.84 bits per heavy atom. The topological polar surface area (TPSA) is 50.2 Å². The maximum absolute atomic E-state index is 12.3. The van der Waals surface area contributed by atoms with Gasteiger partial charge in [-0.25, -0.2) is 0 Å². The molecule has 25 heavy (non-hydrogen) atoms. The molecule has 1 saturated heterocycles. The van der Waals surface area contributed by atoms with Crippen molar-refractivity contribution in [1.29, 1.82) is 0 Å². The molecular weight excluding hydrogens is 312 g/mol. The van der Waals surface area contributed by atoms with Crippen LogP contribution in [0.2, 0.25) is 0 Å². The van der Waals surface area contributed by atoms with E-state index >= 15 is 0 Å². The summed E-state index contributed by atoms with van der Waals surface area (Å²) in [6, 6.07) is 6.21. The van der Waals surface area contributed by atoms with E-state index in [-0.39, 0.29) is 5.91 Å². The molecule has 2 aliphatic rings. The smallest absolute Gasteiger partial charge is 0.221 e. The number of rotatable bonds is 7. The van der Waals surface area contributed by atoms with Gasteiger partial charge < -0.3 is 10.2 Å². The Labute approximate surface area is 149 Å². The molecule has 1 aromatic heterocycles. The zero-order chi connectivity index (χ0) is 17.3. The van der Waals surface area contributed by atoms with E-state index in [1.807, 2.05) is 16.9 Å². The van der Waals surface area contributed by atoms with Gasteiger partial charge in [0, 0.05) is 30.3 Å². The van der Waals surface area contributed by atoms with Gasteiger partial charge in [-0.1, -0.05) is 12.1 Å². The van der Waals surface area contributed by atoms with E-state index in [1.165, 1.54) is 49.7 Å². The van der Waals surface area contributed by atoms with E-state index in [2.05, 4.69) is 34.4 Å². The third-order valence-electron chi connectivity index (χ3n) is 5.83. The van der Waals surface area contributed by atoms with Crippen molar-refractivity contribution in [2.75, 3.05) is 26.2 Å². The van der Waals surface area contributed by atoms with E-state index in [4.69, 9.17) is 0 Å². The Hall–Kier alpha value is -1.88. The predicted molar refractivity (Wildman–Crippen MR) is 99.4 cm³/mol. The highest BCUT2D eigenvalue weighted by Crippen LogP contribution is 2.46. The van der Waals surface area contributed by atoms with Gasteiger partial charge in [0.15, 0.2) is 0 Å². The molecule has 4 rings (SSSR count). The number of hydrogen-bond donors (Lipinski definition) is 1. The minimum atomic E-state index is 0.143. The van der Waals surface area contributed by atoms with Crippen LogP contribution in [-0.4, -0.2) is 46.8 Å². The molecule has 0 unspecified atom stereocenters. The molecule has 5 nitrogen and oxygen atoms in total. The molecule has 0 atom stereocenters. The Morgan fingerprint density at radius 2 is 2.08 bits per heavy atom. The van der Waals surface area contributed by atoms with Gasteiger partial charge in [-0.2, -0.15) is 5.10 Å². The summed E-state index contributed by atoms with van der Waals surface area (Å²) in [6.45, 7) is 7.20. The molecule has 2 heterocycles. The fourth-order valence-corrected chi connectivity index (χ4v) is 3.99. The fraction of sp³-hybridized carbons (Fsp3) is 0.600. The van der Waals surface area contributed by atoms with Gasteiger partial charge in [0.25, 0.3) is 0 Å². The highest BCUT2D eigenvalue weighted by molar-refractivity contribution is 5.82. The average molecular weight is 340 g/mol. The van der Waals surface area contributed by atoms with E-state index < -0.39 is 0 Å². The number of likely N-dealkylation sites (tertiary alicyclic amines) is 1. The minimum absolute atomic E-state index is 0.143. The Bertz CT molecular complexity index is 756. The number of fused-ring (bicyclic) bond motifs is 1. The van der Waals surface area contributed by atoms with E-state index in [1.54, 1.807) is 0 Å². The van der Waals surface area contributed by atoms with Crippen molar-refractivity contribution in [2.24, 2.45) is 5.41 Å². The van der Waals surface area contributed by atoms with Gasteiger partial charge in [-0.15, -0.1) is 0 Å². The number of amides is 1. The molecule has 2 aromatic rings. The standard InChI is InChI=1S/C20H28N4O/c1-16-5-4-6-18-17(16)13-22-24(18)12-7-19(25)21-14-20(8-9-20)15-23-10-2-3-11-23/h4-6,13H,2-3,7-12,14-15H2,1H3,(H,21,25). The summed E-state index contributed by atoms with van der Waals surface area (Å²) in [5, 5.41) is 8.79. The van der Waals surface area contributed by atoms with Crippen LogP contribution < -0.4 is 5.32 Å². The monoisotopic (exact) mass is 340 g/mol. The first-order valence-electron chi connectivity index (χ1n) is 9.55. The van der Waals surface area contributed by atoms with Crippen molar-refractivity contribution in [3.8, 4) is 0 Å². The lowest BCUT2D eigenvalue weighted by molar-refractivity contribution is -0.121. The molecular formula is C20H28N4O. The summed E-state index contributed by atoms with van der Waals surface area (Å²) < 4.78 is 1.94. The summed E-state index contributed by atoms with van der Waals surface area (Å²) in [4.78, 5) is 14.9. The third kappa shape index (κ3) is 3.71. The van der Waals surface area contributed by atoms with Crippen molar-refractivity contribution in [3.63, 3.8) is 0 Å². The van der Waals surface area contributed by atoms with Crippen LogP contribution >= 0.6 is 0 Å². The van der Waals surface area contributed by atoms with Crippen LogP contribution in [0, 0.1) is 12.3 Å². The van der Waals surface area contributed by atoms with Crippen molar-refractivity contribution in [1.82, 2.24) is 20.0 Å². The fourth-order valence-electron chi connectivity index (χ4n) is 3.99. The van der Waals surface area contributed by atoms with Crippen LogP contribution in [0.1, 0.15) is 37.7 Å². The van der Waals surface area contributed by atoms with Gasteiger partial charge in [0.05, 0.1) is 18.3 Å². The lowest BCUT2D eigenvalue weighted by Gasteiger charge is -2.23. The predicted octanol–water partition coefficient (Wildman–Crippen LogP) is 2.73. The number of aryl methyl sites for hydroxylation is 2. The quantitative estimate of drug-likeness (QED) is 0.843. The van der Waals surface area contributed by atoms with Gasteiger partial charge in [0.2, 0.25) is 5.91 Å². The number of aromatic nitrogens is 2. The van der Waals surface area contributed by atoms with E-state index in [9.17, 15) is 4.79 Å². The maximum Gasteiger partial charge on any atom is 0.221 e. The van der Waals surface area contributed by atoms with Crippen LogP contribution in [0.15, 0.2) is 24.4 Å². The molecule has 0 bridgehead atoms. The first kappa shape index (κ1) is 16.6. The van der Waals surface area contributed by atoms with E-state index in [0.29, 0.717) is 18.4 Å². The van der Waals surface area contributed by atoms with Crippen LogP contribution in [-0.2, 0) is 11.3 Å². The molecule has 1 aliphatic heterocycles. The zero-order valence-corrected chi connectivity index (χ0v) is 15.1. The molecule has 1 aromatic carbocycles. The number of hydrogen-bond acceptors (Lipinski definition) is 3. The van der Waals surface area contributed by atoms with Crippen molar-refractivity contribution in [3.05, 3.63) is 30.0 Å². The summed E-state index contributed by atoms with van der Waals surface area (Å²) in [5.41, 5.74) is 2.70. The molecule has 2 fully saturated rings. The van der Waals surface area contributed by atoms with E-state index in [0.717, 1.165) is 18.6 Å². The summed E-state index contributed by atoms with van der Waals surface area (Å²) in [7, 11) is 0. The molecule has 1 saturated carbocycles. The van der Waals surface area contributed by atoms with Crippen LogP contribution in [0.4, 0.5) is 0 Å². The number of carbonyl (C=O) groups excluding carboxylic acids is 1. The summed E-state index contributed by atoms with van der Waals surface area (Å²) in [6.07, 6.45) is 7.57. The van der Waals surface area contributed by atoms with Crippen LogP contribution in [0.3, 0.4) is 0 Å². The lowest BCUT2D eigenvalue weighted by atomic mass is 10.1. The molecule has 1 N–H and O–H groups in total. The first-order chi connectivity index (χ1) is 12.2. The molecule has 5 heteroatoms.